The first-order valence-electron chi connectivity index (χ1n) is 8.57. The van der Waals surface area contributed by atoms with Crippen molar-refractivity contribution in [1.82, 2.24) is 9.88 Å². The fourth-order valence-electron chi connectivity index (χ4n) is 3.53. The summed E-state index contributed by atoms with van der Waals surface area (Å²) in [5.41, 5.74) is 2.41. The van der Waals surface area contributed by atoms with Crippen molar-refractivity contribution >= 4 is 5.91 Å². The molecule has 1 aromatic heterocycles. The highest BCUT2D eigenvalue weighted by molar-refractivity contribution is 5.82. The van der Waals surface area contributed by atoms with Crippen molar-refractivity contribution in [2.24, 2.45) is 0 Å². The van der Waals surface area contributed by atoms with E-state index >= 15 is 0 Å². The zero-order valence-electron chi connectivity index (χ0n) is 15.1. The Labute approximate surface area is 148 Å². The number of fused-ring (bicyclic) bond motifs is 1. The molecule has 0 saturated heterocycles. The van der Waals surface area contributed by atoms with Gasteiger partial charge in [-0.05, 0) is 62.6 Å². The lowest BCUT2D eigenvalue weighted by molar-refractivity contribution is -0.143. The highest BCUT2D eigenvalue weighted by Crippen LogP contribution is 2.35. The third kappa shape index (κ3) is 3.45. The van der Waals surface area contributed by atoms with Crippen LogP contribution in [-0.2, 0) is 11.2 Å². The van der Waals surface area contributed by atoms with Crippen molar-refractivity contribution < 1.29 is 14.3 Å². The van der Waals surface area contributed by atoms with Gasteiger partial charge in [0, 0.05) is 12.2 Å². The first kappa shape index (κ1) is 17.3. The maximum atomic E-state index is 13.0. The summed E-state index contributed by atoms with van der Waals surface area (Å²) < 4.78 is 11.1. The molecule has 25 heavy (non-hydrogen) atoms. The second kappa shape index (κ2) is 7.13. The Bertz CT molecular complexity index is 748. The lowest BCUT2D eigenvalue weighted by Crippen LogP contribution is -2.49. The van der Waals surface area contributed by atoms with Crippen LogP contribution in [0.3, 0.4) is 0 Å². The Hall–Kier alpha value is -2.56. The molecule has 0 spiro atoms. The number of carbonyl (C=O) groups excluding carboxylic acids is 1. The average Bonchev–Trinajstić information content (AvgIpc) is 2.61. The fourth-order valence-corrected chi connectivity index (χ4v) is 3.53. The molecule has 0 saturated carbocycles. The van der Waals surface area contributed by atoms with Crippen LogP contribution in [0.1, 0.15) is 37.9 Å². The van der Waals surface area contributed by atoms with Crippen molar-refractivity contribution in [3.8, 4) is 11.5 Å². The number of amides is 1. The first-order valence-corrected chi connectivity index (χ1v) is 8.57. The molecule has 0 bridgehead atoms. The standard InChI is InChI=1S/C20H24N2O3/c1-13-10-16-11-17(24-4)7-8-19(16)14(2)22(13)20(23)15(3)25-18-6-5-9-21-12-18/h5-9,11-15H,10H2,1-4H3. The maximum absolute atomic E-state index is 13.0. The van der Waals surface area contributed by atoms with E-state index in [1.54, 1.807) is 38.6 Å². The summed E-state index contributed by atoms with van der Waals surface area (Å²) in [6.45, 7) is 5.93. The molecule has 3 unspecified atom stereocenters. The Morgan fingerprint density at radius 1 is 1.28 bits per heavy atom. The van der Waals surface area contributed by atoms with Gasteiger partial charge in [0.2, 0.25) is 0 Å². The van der Waals surface area contributed by atoms with Crippen molar-refractivity contribution in [1.29, 1.82) is 0 Å². The van der Waals surface area contributed by atoms with Crippen molar-refractivity contribution in [2.75, 3.05) is 7.11 Å². The molecule has 0 fully saturated rings. The molecule has 1 aliphatic rings. The number of hydrogen-bond acceptors (Lipinski definition) is 4. The molecule has 132 valence electrons. The van der Waals surface area contributed by atoms with Crippen LogP contribution in [0.15, 0.2) is 42.7 Å². The highest BCUT2D eigenvalue weighted by Gasteiger charge is 2.35. The topological polar surface area (TPSA) is 51.7 Å². The monoisotopic (exact) mass is 340 g/mol. The summed E-state index contributed by atoms with van der Waals surface area (Å²) in [5.74, 6) is 1.45. The van der Waals surface area contributed by atoms with Crippen molar-refractivity contribution in [2.45, 2.75) is 45.4 Å². The number of aromatic nitrogens is 1. The lowest BCUT2D eigenvalue weighted by atomic mass is 9.89. The Balaban J connectivity index is 1.80. The summed E-state index contributed by atoms with van der Waals surface area (Å²) in [6.07, 6.45) is 3.55. The molecule has 5 nitrogen and oxygen atoms in total. The highest BCUT2D eigenvalue weighted by atomic mass is 16.5. The van der Waals surface area contributed by atoms with Crippen LogP contribution >= 0.6 is 0 Å². The molecule has 2 heterocycles. The van der Waals surface area contributed by atoms with Gasteiger partial charge in [-0.2, -0.15) is 0 Å². The maximum Gasteiger partial charge on any atom is 0.264 e. The molecule has 1 aromatic carbocycles. The predicted molar refractivity (Wildman–Crippen MR) is 95.7 cm³/mol. The van der Waals surface area contributed by atoms with E-state index in [4.69, 9.17) is 9.47 Å². The summed E-state index contributed by atoms with van der Waals surface area (Å²) in [6, 6.07) is 9.77. The molecular formula is C20H24N2O3. The lowest BCUT2D eigenvalue weighted by Gasteiger charge is -2.41. The number of hydrogen-bond donors (Lipinski definition) is 0. The van der Waals surface area contributed by atoms with Gasteiger partial charge in [-0.15, -0.1) is 0 Å². The van der Waals surface area contributed by atoms with Crippen molar-refractivity contribution in [3.05, 3.63) is 53.9 Å². The van der Waals surface area contributed by atoms with E-state index in [0.29, 0.717) is 5.75 Å². The van der Waals surface area contributed by atoms with E-state index in [1.807, 2.05) is 11.0 Å². The van der Waals surface area contributed by atoms with E-state index < -0.39 is 6.10 Å². The van der Waals surface area contributed by atoms with Gasteiger partial charge in [0.05, 0.1) is 19.3 Å². The van der Waals surface area contributed by atoms with Gasteiger partial charge in [0.25, 0.3) is 5.91 Å². The summed E-state index contributed by atoms with van der Waals surface area (Å²) in [4.78, 5) is 19.0. The van der Waals surface area contributed by atoms with E-state index in [2.05, 4.69) is 31.0 Å². The number of pyridine rings is 1. The zero-order valence-corrected chi connectivity index (χ0v) is 15.1. The average molecular weight is 340 g/mol. The van der Waals surface area contributed by atoms with Crippen molar-refractivity contribution in [3.63, 3.8) is 0 Å². The molecule has 0 N–H and O–H groups in total. The number of nitrogens with zero attached hydrogens (tertiary/aromatic N) is 2. The van der Waals surface area contributed by atoms with Gasteiger partial charge in [-0.1, -0.05) is 6.07 Å². The van der Waals surface area contributed by atoms with E-state index in [-0.39, 0.29) is 18.0 Å². The second-order valence-corrected chi connectivity index (χ2v) is 6.49. The number of carbonyl (C=O) groups is 1. The Morgan fingerprint density at radius 3 is 2.76 bits per heavy atom. The summed E-state index contributed by atoms with van der Waals surface area (Å²) in [5, 5.41) is 0. The minimum atomic E-state index is -0.561. The van der Waals surface area contributed by atoms with Gasteiger partial charge in [0.15, 0.2) is 6.10 Å². The number of rotatable bonds is 4. The summed E-state index contributed by atoms with van der Waals surface area (Å²) >= 11 is 0. The molecular weight excluding hydrogens is 316 g/mol. The van der Waals surface area contributed by atoms with Crippen LogP contribution in [0.2, 0.25) is 0 Å². The van der Waals surface area contributed by atoms with Gasteiger partial charge < -0.3 is 14.4 Å². The normalized spacial score (nSPS) is 20.6. The van der Waals surface area contributed by atoms with E-state index in [0.717, 1.165) is 12.2 Å². The number of benzene rings is 1. The molecule has 3 atom stereocenters. The van der Waals surface area contributed by atoms with Crippen LogP contribution in [0.4, 0.5) is 0 Å². The molecule has 0 aliphatic carbocycles. The third-order valence-electron chi connectivity index (χ3n) is 4.76. The van der Waals surface area contributed by atoms with E-state index in [1.165, 1.54) is 11.1 Å². The number of ether oxygens (including phenoxy) is 2. The molecule has 1 amide bonds. The zero-order chi connectivity index (χ0) is 18.0. The van der Waals surface area contributed by atoms with Crippen LogP contribution < -0.4 is 9.47 Å². The molecule has 5 heteroatoms. The minimum Gasteiger partial charge on any atom is -0.497 e. The van der Waals surface area contributed by atoms with Gasteiger partial charge in [-0.3, -0.25) is 9.78 Å². The second-order valence-electron chi connectivity index (χ2n) is 6.49. The van der Waals surface area contributed by atoms with Gasteiger partial charge in [0.1, 0.15) is 11.5 Å². The first-order chi connectivity index (χ1) is 12.0. The quantitative estimate of drug-likeness (QED) is 0.856. The molecule has 2 aromatic rings. The van der Waals surface area contributed by atoms with Gasteiger partial charge in [-0.25, -0.2) is 0 Å². The summed E-state index contributed by atoms with van der Waals surface area (Å²) in [7, 11) is 1.67. The van der Waals surface area contributed by atoms with Gasteiger partial charge >= 0.3 is 0 Å². The Kier molecular flexibility index (Phi) is 4.93. The SMILES string of the molecule is COc1ccc2c(c1)CC(C)N(C(=O)C(C)Oc1cccnc1)C2C. The van der Waals surface area contributed by atoms with E-state index in [9.17, 15) is 4.79 Å². The Morgan fingerprint density at radius 2 is 2.08 bits per heavy atom. The third-order valence-corrected chi connectivity index (χ3v) is 4.76. The molecule has 0 radical (unpaired) electrons. The van der Waals surface area contributed by atoms with Crippen LogP contribution in [0.5, 0.6) is 11.5 Å². The minimum absolute atomic E-state index is 0.00268. The predicted octanol–water partition coefficient (Wildman–Crippen LogP) is 3.39. The van der Waals surface area contributed by atoms with Crippen LogP contribution in [-0.4, -0.2) is 35.0 Å². The van der Waals surface area contributed by atoms with Crippen LogP contribution in [0, 0.1) is 0 Å². The number of methoxy groups -OCH3 is 1. The molecule has 3 rings (SSSR count). The largest absolute Gasteiger partial charge is 0.497 e. The van der Waals surface area contributed by atoms with Crippen LogP contribution in [0.25, 0.3) is 0 Å². The molecule has 1 aliphatic heterocycles. The fraction of sp³-hybridized carbons (Fsp3) is 0.400. The smallest absolute Gasteiger partial charge is 0.264 e.